The lowest BCUT2D eigenvalue weighted by Gasteiger charge is -2.21. The molecule has 4 heteroatoms. The van der Waals surface area contributed by atoms with Crippen molar-refractivity contribution in [1.29, 1.82) is 0 Å². The minimum Gasteiger partial charge on any atom is -0.496 e. The van der Waals surface area contributed by atoms with E-state index in [0.29, 0.717) is 6.04 Å². The number of nitrogens with one attached hydrogen (secondary N) is 1. The largest absolute Gasteiger partial charge is 0.496 e. The number of benzene rings is 1. The molecule has 108 valence electrons. The molecule has 0 atom stereocenters. The molecule has 1 aromatic rings. The average Bonchev–Trinajstić information content (AvgIpc) is 2.46. The van der Waals surface area contributed by atoms with Crippen LogP contribution in [0.15, 0.2) is 28.7 Å². The van der Waals surface area contributed by atoms with Crippen LogP contribution in [0.1, 0.15) is 37.7 Å². The first-order valence-corrected chi connectivity index (χ1v) is 7.80. The lowest BCUT2D eigenvalue weighted by Crippen LogP contribution is -2.34. The fraction of sp³-hybridized carbons (Fsp3) is 0.438. The van der Waals surface area contributed by atoms with Crippen LogP contribution in [0.3, 0.4) is 0 Å². The molecule has 0 unspecified atom stereocenters. The van der Waals surface area contributed by atoms with Crippen molar-refractivity contribution in [3.8, 4) is 5.75 Å². The summed E-state index contributed by atoms with van der Waals surface area (Å²) in [4.78, 5) is 11.9. The highest BCUT2D eigenvalue weighted by Crippen LogP contribution is 2.26. The Morgan fingerprint density at radius 2 is 2.10 bits per heavy atom. The van der Waals surface area contributed by atoms with E-state index in [9.17, 15) is 4.79 Å². The van der Waals surface area contributed by atoms with E-state index < -0.39 is 0 Å². The second kappa shape index (κ2) is 7.48. The van der Waals surface area contributed by atoms with Crippen molar-refractivity contribution >= 4 is 27.9 Å². The lowest BCUT2D eigenvalue weighted by molar-refractivity contribution is -0.117. The van der Waals surface area contributed by atoms with Gasteiger partial charge in [0, 0.05) is 12.1 Å². The van der Waals surface area contributed by atoms with Gasteiger partial charge < -0.3 is 10.1 Å². The second-order valence-corrected chi connectivity index (χ2v) is 5.93. The fourth-order valence-electron chi connectivity index (χ4n) is 2.45. The minimum atomic E-state index is -0.0103. The summed E-state index contributed by atoms with van der Waals surface area (Å²) in [6, 6.07) is 6.09. The predicted molar refractivity (Wildman–Crippen MR) is 84.7 cm³/mol. The van der Waals surface area contributed by atoms with Crippen molar-refractivity contribution in [2.45, 2.75) is 38.1 Å². The molecule has 0 aliphatic heterocycles. The Bertz CT molecular complexity index is 493. The SMILES string of the molecule is COc1ccc(C=CC(=O)NC2CCCCC2)cc1Br. The summed E-state index contributed by atoms with van der Waals surface area (Å²) in [7, 11) is 1.63. The highest BCUT2D eigenvalue weighted by molar-refractivity contribution is 9.10. The first kappa shape index (κ1) is 15.1. The number of amides is 1. The van der Waals surface area contributed by atoms with Gasteiger partial charge in [0.05, 0.1) is 11.6 Å². The van der Waals surface area contributed by atoms with Crippen molar-refractivity contribution in [3.63, 3.8) is 0 Å². The summed E-state index contributed by atoms with van der Waals surface area (Å²) in [6.45, 7) is 0. The van der Waals surface area contributed by atoms with E-state index in [4.69, 9.17) is 4.74 Å². The van der Waals surface area contributed by atoms with Crippen molar-refractivity contribution in [1.82, 2.24) is 5.32 Å². The van der Waals surface area contributed by atoms with Crippen LogP contribution in [0, 0.1) is 0 Å². The zero-order chi connectivity index (χ0) is 14.4. The maximum Gasteiger partial charge on any atom is 0.244 e. The number of hydrogen-bond donors (Lipinski definition) is 1. The molecular formula is C16H20BrNO2. The smallest absolute Gasteiger partial charge is 0.244 e. The molecule has 0 spiro atoms. The van der Waals surface area contributed by atoms with Crippen LogP contribution in [0.25, 0.3) is 6.08 Å². The molecule has 1 aromatic carbocycles. The number of rotatable bonds is 4. The lowest BCUT2D eigenvalue weighted by atomic mass is 9.95. The maximum absolute atomic E-state index is 11.9. The van der Waals surface area contributed by atoms with E-state index in [1.807, 2.05) is 24.3 Å². The Balaban J connectivity index is 1.91. The third-order valence-corrected chi connectivity index (χ3v) is 4.17. The minimum absolute atomic E-state index is 0.0103. The molecule has 0 bridgehead atoms. The van der Waals surface area contributed by atoms with E-state index in [-0.39, 0.29) is 5.91 Å². The number of hydrogen-bond acceptors (Lipinski definition) is 2. The fourth-order valence-corrected chi connectivity index (χ4v) is 3.01. The van der Waals surface area contributed by atoms with Crippen LogP contribution in [0.5, 0.6) is 5.75 Å². The van der Waals surface area contributed by atoms with Gasteiger partial charge in [-0.05, 0) is 52.5 Å². The molecule has 0 saturated heterocycles. The van der Waals surface area contributed by atoms with E-state index >= 15 is 0 Å². The molecule has 3 nitrogen and oxygen atoms in total. The molecule has 1 aliphatic carbocycles. The number of carbonyl (C=O) groups excluding carboxylic acids is 1. The standard InChI is InChI=1S/C16H20BrNO2/c1-20-15-9-7-12(11-14(15)17)8-10-16(19)18-13-5-3-2-4-6-13/h7-11,13H,2-6H2,1H3,(H,18,19). The van der Waals surface area contributed by atoms with E-state index in [0.717, 1.165) is 28.6 Å². The van der Waals surface area contributed by atoms with E-state index in [2.05, 4.69) is 21.2 Å². The van der Waals surface area contributed by atoms with Crippen molar-refractivity contribution in [2.75, 3.05) is 7.11 Å². The maximum atomic E-state index is 11.9. The van der Waals surface area contributed by atoms with Crippen LogP contribution in [0.4, 0.5) is 0 Å². The Morgan fingerprint density at radius 3 is 2.75 bits per heavy atom. The van der Waals surface area contributed by atoms with Gasteiger partial charge in [0.25, 0.3) is 0 Å². The topological polar surface area (TPSA) is 38.3 Å². The van der Waals surface area contributed by atoms with Crippen molar-refractivity contribution < 1.29 is 9.53 Å². The average molecular weight is 338 g/mol. The van der Waals surface area contributed by atoms with Gasteiger partial charge in [0.1, 0.15) is 5.75 Å². The van der Waals surface area contributed by atoms with E-state index in [1.165, 1.54) is 19.3 Å². The van der Waals surface area contributed by atoms with Crippen LogP contribution >= 0.6 is 15.9 Å². The third kappa shape index (κ3) is 4.37. The predicted octanol–water partition coefficient (Wildman–Crippen LogP) is 3.92. The summed E-state index contributed by atoms with van der Waals surface area (Å²) in [5.41, 5.74) is 0.969. The quantitative estimate of drug-likeness (QED) is 0.845. The Labute approximate surface area is 128 Å². The molecule has 0 heterocycles. The normalized spacial score (nSPS) is 16.3. The van der Waals surface area contributed by atoms with Crippen molar-refractivity contribution in [2.24, 2.45) is 0 Å². The van der Waals surface area contributed by atoms with Gasteiger partial charge in [-0.15, -0.1) is 0 Å². The molecule has 20 heavy (non-hydrogen) atoms. The second-order valence-electron chi connectivity index (χ2n) is 5.07. The molecule has 1 amide bonds. The summed E-state index contributed by atoms with van der Waals surface area (Å²) in [5, 5.41) is 3.06. The highest BCUT2D eigenvalue weighted by Gasteiger charge is 2.14. The first-order chi connectivity index (χ1) is 9.69. The summed E-state index contributed by atoms with van der Waals surface area (Å²) >= 11 is 3.43. The Kier molecular flexibility index (Phi) is 5.65. The van der Waals surface area contributed by atoms with E-state index in [1.54, 1.807) is 13.2 Å². The van der Waals surface area contributed by atoms with Crippen LogP contribution in [0.2, 0.25) is 0 Å². The zero-order valence-corrected chi connectivity index (χ0v) is 13.3. The molecule has 1 aliphatic rings. The summed E-state index contributed by atoms with van der Waals surface area (Å²) < 4.78 is 6.06. The van der Waals surface area contributed by atoms with Gasteiger partial charge in [-0.25, -0.2) is 0 Å². The zero-order valence-electron chi connectivity index (χ0n) is 11.7. The van der Waals surface area contributed by atoms with Gasteiger partial charge in [0.15, 0.2) is 0 Å². The van der Waals surface area contributed by atoms with Crippen LogP contribution < -0.4 is 10.1 Å². The molecule has 1 N–H and O–H groups in total. The van der Waals surface area contributed by atoms with Crippen LogP contribution in [-0.2, 0) is 4.79 Å². The molecule has 2 rings (SSSR count). The van der Waals surface area contributed by atoms with Crippen molar-refractivity contribution in [3.05, 3.63) is 34.3 Å². The third-order valence-electron chi connectivity index (χ3n) is 3.55. The molecular weight excluding hydrogens is 318 g/mol. The Hall–Kier alpha value is -1.29. The Morgan fingerprint density at radius 1 is 1.35 bits per heavy atom. The highest BCUT2D eigenvalue weighted by atomic mass is 79.9. The number of halogens is 1. The van der Waals surface area contributed by atoms with Crippen LogP contribution in [-0.4, -0.2) is 19.1 Å². The molecule has 0 aromatic heterocycles. The van der Waals surface area contributed by atoms with Gasteiger partial charge in [-0.2, -0.15) is 0 Å². The summed E-state index contributed by atoms with van der Waals surface area (Å²) in [6.07, 6.45) is 9.37. The number of carbonyl (C=O) groups is 1. The van der Waals surface area contributed by atoms with Gasteiger partial charge in [-0.1, -0.05) is 25.3 Å². The number of ether oxygens (including phenoxy) is 1. The molecule has 0 radical (unpaired) electrons. The monoisotopic (exact) mass is 337 g/mol. The van der Waals surface area contributed by atoms with Gasteiger partial charge in [-0.3, -0.25) is 4.79 Å². The molecule has 1 fully saturated rings. The molecule has 1 saturated carbocycles. The van der Waals surface area contributed by atoms with Gasteiger partial charge >= 0.3 is 0 Å². The summed E-state index contributed by atoms with van der Waals surface area (Å²) in [5.74, 6) is 0.776. The number of methoxy groups -OCH3 is 1. The van der Waals surface area contributed by atoms with Gasteiger partial charge in [0.2, 0.25) is 5.91 Å². The first-order valence-electron chi connectivity index (χ1n) is 7.01.